The van der Waals surface area contributed by atoms with Crippen molar-refractivity contribution >= 4 is 17.7 Å². The van der Waals surface area contributed by atoms with E-state index in [4.69, 9.17) is 4.18 Å². The lowest BCUT2D eigenvalue weighted by atomic mass is 10.0. The van der Waals surface area contributed by atoms with Crippen LogP contribution in [0.3, 0.4) is 0 Å². The lowest BCUT2D eigenvalue weighted by Crippen LogP contribution is -1.95. The summed E-state index contributed by atoms with van der Waals surface area (Å²) < 4.78 is 5.79. The second-order valence-electron chi connectivity index (χ2n) is 5.61. The first kappa shape index (κ1) is 17.0. The zero-order valence-electron chi connectivity index (χ0n) is 13.7. The average Bonchev–Trinajstić information content (AvgIpc) is 2.63. The van der Waals surface area contributed by atoms with Gasteiger partial charge in [-0.2, -0.15) is 0 Å². The Labute approximate surface area is 150 Å². The second-order valence-corrected chi connectivity index (χ2v) is 6.30. The third kappa shape index (κ3) is 4.19. The Morgan fingerprint density at radius 2 is 1.68 bits per heavy atom. The monoisotopic (exact) mass is 351 g/mol. The summed E-state index contributed by atoms with van der Waals surface area (Å²) in [7, 11) is 0. The van der Waals surface area contributed by atoms with Gasteiger partial charge in [0.05, 0.1) is 22.7 Å². The van der Waals surface area contributed by atoms with Gasteiger partial charge in [0.1, 0.15) is 0 Å². The van der Waals surface area contributed by atoms with Gasteiger partial charge in [0, 0.05) is 11.6 Å². The van der Waals surface area contributed by atoms with Crippen LogP contribution in [0.25, 0.3) is 11.1 Å². The predicted octanol–water partition coefficient (Wildman–Crippen LogP) is 5.80. The summed E-state index contributed by atoms with van der Waals surface area (Å²) in [5.41, 5.74) is 3.82. The minimum atomic E-state index is -0.407. The summed E-state index contributed by atoms with van der Waals surface area (Å²) in [6.07, 6.45) is 0. The largest absolute Gasteiger partial charge is 0.418 e. The van der Waals surface area contributed by atoms with E-state index < -0.39 is 4.92 Å². The summed E-state index contributed by atoms with van der Waals surface area (Å²) in [6.45, 7) is 2.00. The molecule has 0 spiro atoms. The molecule has 0 amide bonds. The molecule has 0 bridgehead atoms. The van der Waals surface area contributed by atoms with Gasteiger partial charge in [-0.25, -0.2) is 0 Å². The highest BCUT2D eigenvalue weighted by Crippen LogP contribution is 2.40. The molecule has 0 radical (unpaired) electrons. The summed E-state index contributed by atoms with van der Waals surface area (Å²) in [6, 6.07) is 22.7. The van der Waals surface area contributed by atoms with E-state index in [-0.39, 0.29) is 11.4 Å². The van der Waals surface area contributed by atoms with E-state index in [2.05, 4.69) is 0 Å². The number of benzene rings is 3. The van der Waals surface area contributed by atoms with Crippen molar-refractivity contribution < 1.29 is 9.11 Å². The normalized spacial score (nSPS) is 10.4. The summed E-state index contributed by atoms with van der Waals surface area (Å²) in [4.78, 5) is 11.0. The van der Waals surface area contributed by atoms with Crippen LogP contribution < -0.4 is 4.18 Å². The Morgan fingerprint density at radius 3 is 2.36 bits per heavy atom. The molecule has 3 rings (SSSR count). The van der Waals surface area contributed by atoms with Gasteiger partial charge in [0.25, 0.3) is 0 Å². The molecule has 5 heteroatoms. The molecule has 0 heterocycles. The number of nitro groups is 1. The minimum absolute atomic E-state index is 0.0290. The molecule has 0 N–H and O–H groups in total. The SMILES string of the molecule is Cc1ccc(-c2cccc([N+](=O)[O-])c2OSCc2ccccc2)cc1. The standard InChI is InChI=1S/C20H17NO3S/c1-15-10-12-17(13-11-15)18-8-5-9-19(21(22)23)20(18)24-25-14-16-6-3-2-4-7-16/h2-13H,14H2,1H3. The van der Waals surface area contributed by atoms with Gasteiger partial charge in [-0.1, -0.05) is 72.3 Å². The maximum absolute atomic E-state index is 11.4. The van der Waals surface area contributed by atoms with Crippen molar-refractivity contribution in [2.45, 2.75) is 12.7 Å². The molecule has 0 saturated carbocycles. The van der Waals surface area contributed by atoms with E-state index in [0.717, 1.165) is 22.3 Å². The minimum Gasteiger partial charge on any atom is -0.418 e. The molecule has 0 aromatic heterocycles. The molecular formula is C20H17NO3S. The number of hydrogen-bond donors (Lipinski definition) is 0. The van der Waals surface area contributed by atoms with Gasteiger partial charge in [-0.05, 0) is 18.1 Å². The fourth-order valence-corrected chi connectivity index (χ4v) is 3.13. The Morgan fingerprint density at radius 1 is 0.960 bits per heavy atom. The first-order chi connectivity index (χ1) is 12.1. The molecular weight excluding hydrogens is 334 g/mol. The Hall–Kier alpha value is -2.79. The third-order valence-corrected chi connectivity index (χ3v) is 4.50. The zero-order chi connectivity index (χ0) is 17.6. The molecule has 0 unspecified atom stereocenters. The predicted molar refractivity (Wildman–Crippen MR) is 102 cm³/mol. The Kier molecular flexibility index (Phi) is 5.36. The van der Waals surface area contributed by atoms with Crippen molar-refractivity contribution in [1.29, 1.82) is 0 Å². The van der Waals surface area contributed by atoms with Crippen LogP contribution in [-0.4, -0.2) is 4.92 Å². The van der Waals surface area contributed by atoms with E-state index in [1.54, 1.807) is 6.07 Å². The molecule has 3 aromatic rings. The van der Waals surface area contributed by atoms with Crippen LogP contribution in [0.2, 0.25) is 0 Å². The van der Waals surface area contributed by atoms with Crippen LogP contribution in [0.4, 0.5) is 5.69 Å². The molecule has 4 nitrogen and oxygen atoms in total. The third-order valence-electron chi connectivity index (χ3n) is 3.76. The van der Waals surface area contributed by atoms with Gasteiger partial charge in [-0.15, -0.1) is 0 Å². The zero-order valence-corrected chi connectivity index (χ0v) is 14.5. The van der Waals surface area contributed by atoms with Gasteiger partial charge < -0.3 is 4.18 Å². The topological polar surface area (TPSA) is 52.4 Å². The summed E-state index contributed by atoms with van der Waals surface area (Å²) >= 11 is 1.20. The van der Waals surface area contributed by atoms with Crippen LogP contribution in [0, 0.1) is 17.0 Å². The number of hydrogen-bond acceptors (Lipinski definition) is 4. The van der Waals surface area contributed by atoms with Gasteiger partial charge in [0.2, 0.25) is 5.75 Å². The summed E-state index contributed by atoms with van der Waals surface area (Å²) in [5.74, 6) is 0.900. The van der Waals surface area contributed by atoms with Crippen LogP contribution >= 0.6 is 12.0 Å². The maximum Gasteiger partial charge on any atom is 0.313 e. The quantitative estimate of drug-likeness (QED) is 0.320. The van der Waals surface area contributed by atoms with E-state index in [1.807, 2.05) is 67.6 Å². The molecule has 0 aliphatic rings. The highest BCUT2D eigenvalue weighted by Gasteiger charge is 2.20. The highest BCUT2D eigenvalue weighted by molar-refractivity contribution is 7.94. The van der Waals surface area contributed by atoms with Crippen molar-refractivity contribution in [2.24, 2.45) is 0 Å². The molecule has 0 aliphatic carbocycles. The van der Waals surface area contributed by atoms with E-state index >= 15 is 0 Å². The number of rotatable bonds is 6. The lowest BCUT2D eigenvalue weighted by Gasteiger charge is -2.11. The average molecular weight is 351 g/mol. The number of nitro benzene ring substituents is 1. The fourth-order valence-electron chi connectivity index (χ4n) is 2.45. The number of para-hydroxylation sites is 1. The molecule has 0 fully saturated rings. The Bertz CT molecular complexity index is 864. The van der Waals surface area contributed by atoms with Crippen molar-refractivity contribution in [3.05, 3.63) is 94.0 Å². The van der Waals surface area contributed by atoms with E-state index in [1.165, 1.54) is 18.1 Å². The molecule has 0 saturated heterocycles. The van der Waals surface area contributed by atoms with Crippen molar-refractivity contribution in [1.82, 2.24) is 0 Å². The smallest absolute Gasteiger partial charge is 0.313 e. The molecule has 3 aromatic carbocycles. The van der Waals surface area contributed by atoms with Gasteiger partial charge in [0.15, 0.2) is 0 Å². The maximum atomic E-state index is 11.4. The van der Waals surface area contributed by atoms with Crippen LogP contribution in [0.1, 0.15) is 11.1 Å². The first-order valence-electron chi connectivity index (χ1n) is 7.83. The lowest BCUT2D eigenvalue weighted by molar-refractivity contribution is -0.385. The molecule has 0 aliphatic heterocycles. The second kappa shape index (κ2) is 7.85. The Balaban J connectivity index is 1.89. The van der Waals surface area contributed by atoms with E-state index in [9.17, 15) is 10.1 Å². The van der Waals surface area contributed by atoms with Crippen LogP contribution in [-0.2, 0) is 5.75 Å². The molecule has 25 heavy (non-hydrogen) atoms. The summed E-state index contributed by atoms with van der Waals surface area (Å²) in [5, 5.41) is 11.4. The molecule has 126 valence electrons. The fraction of sp³-hybridized carbons (Fsp3) is 0.100. The van der Waals surface area contributed by atoms with Gasteiger partial charge >= 0.3 is 5.69 Å². The van der Waals surface area contributed by atoms with Crippen molar-refractivity contribution in [2.75, 3.05) is 0 Å². The van der Waals surface area contributed by atoms with Crippen LogP contribution in [0.15, 0.2) is 72.8 Å². The van der Waals surface area contributed by atoms with Gasteiger partial charge in [-0.3, -0.25) is 10.1 Å². The molecule has 0 atom stereocenters. The van der Waals surface area contributed by atoms with Crippen LogP contribution in [0.5, 0.6) is 5.75 Å². The number of aryl methyl sites for hydroxylation is 1. The number of nitrogens with zero attached hydrogens (tertiary/aromatic N) is 1. The van der Waals surface area contributed by atoms with Crippen molar-refractivity contribution in [3.63, 3.8) is 0 Å². The van der Waals surface area contributed by atoms with E-state index in [0.29, 0.717) is 5.75 Å². The first-order valence-corrected chi connectivity index (χ1v) is 8.74. The highest BCUT2D eigenvalue weighted by atomic mass is 32.2. The van der Waals surface area contributed by atoms with Crippen molar-refractivity contribution in [3.8, 4) is 16.9 Å².